The monoisotopic (exact) mass is 412 g/mol. The van der Waals surface area contributed by atoms with Crippen molar-refractivity contribution in [3.8, 4) is 23.0 Å². The van der Waals surface area contributed by atoms with Crippen molar-refractivity contribution in [2.75, 3.05) is 24.9 Å². The molecule has 10 heteroatoms. The van der Waals surface area contributed by atoms with E-state index in [1.165, 1.54) is 0 Å². The molecule has 2 heterocycles. The molecule has 0 unspecified atom stereocenters. The number of carbonyl (C=O) groups excluding carboxylic acids is 1. The van der Waals surface area contributed by atoms with E-state index in [0.29, 0.717) is 44.9 Å². The Balaban J connectivity index is 1.58. The number of nitrogens with zero attached hydrogens (tertiary/aromatic N) is 2. The Labute approximate surface area is 170 Å². The fourth-order valence-corrected chi connectivity index (χ4v) is 2.96. The SMILES string of the molecule is COc1cc2nc(-c3n[nH]cc3NC(=O)Nc3ccc(Cl)cc3)[nH]c2cc1OC. The van der Waals surface area contributed by atoms with Crippen LogP contribution in [0.1, 0.15) is 0 Å². The molecule has 4 rings (SSSR count). The first-order valence-electron chi connectivity index (χ1n) is 8.57. The quantitative estimate of drug-likeness (QED) is 0.390. The van der Waals surface area contributed by atoms with Gasteiger partial charge in [0.2, 0.25) is 0 Å². The van der Waals surface area contributed by atoms with Crippen LogP contribution in [-0.2, 0) is 0 Å². The van der Waals surface area contributed by atoms with E-state index in [2.05, 4.69) is 30.8 Å². The summed E-state index contributed by atoms with van der Waals surface area (Å²) in [6.45, 7) is 0. The normalized spacial score (nSPS) is 10.7. The molecule has 2 aromatic heterocycles. The topological polar surface area (TPSA) is 117 Å². The zero-order valence-corrected chi connectivity index (χ0v) is 16.3. The van der Waals surface area contributed by atoms with E-state index in [9.17, 15) is 4.79 Å². The molecule has 2 amide bonds. The standard InChI is InChI=1S/C19H17ClN6O3/c1-28-15-7-12-13(8-16(15)29-2)24-18(23-12)17-14(9-21-26-17)25-19(27)22-11-5-3-10(20)4-6-11/h3-9H,1-2H3,(H,21,26)(H,23,24)(H2,22,25,27). The van der Waals surface area contributed by atoms with Crippen LogP contribution in [0.2, 0.25) is 5.02 Å². The first kappa shape index (κ1) is 18.6. The summed E-state index contributed by atoms with van der Waals surface area (Å²) in [5, 5.41) is 13.0. The number of aromatic amines is 2. The van der Waals surface area contributed by atoms with Gasteiger partial charge in [-0.3, -0.25) is 5.10 Å². The van der Waals surface area contributed by atoms with Gasteiger partial charge in [-0.15, -0.1) is 0 Å². The summed E-state index contributed by atoms with van der Waals surface area (Å²) < 4.78 is 10.6. The van der Waals surface area contributed by atoms with Gasteiger partial charge in [-0.25, -0.2) is 9.78 Å². The summed E-state index contributed by atoms with van der Waals surface area (Å²) in [6.07, 6.45) is 1.57. The zero-order valence-electron chi connectivity index (χ0n) is 15.5. The molecule has 0 bridgehead atoms. The van der Waals surface area contributed by atoms with Crippen LogP contribution in [0.3, 0.4) is 0 Å². The van der Waals surface area contributed by atoms with Crippen LogP contribution < -0.4 is 20.1 Å². The second-order valence-electron chi connectivity index (χ2n) is 6.04. The average molecular weight is 413 g/mol. The molecule has 0 radical (unpaired) electrons. The van der Waals surface area contributed by atoms with Gasteiger partial charge in [0.05, 0.1) is 30.9 Å². The number of urea groups is 1. The molecule has 2 aromatic carbocycles. The predicted octanol–water partition coefficient (Wildman–Crippen LogP) is 4.27. The number of amides is 2. The number of halogens is 1. The molecular formula is C19H17ClN6O3. The van der Waals surface area contributed by atoms with Crippen molar-refractivity contribution >= 4 is 40.0 Å². The van der Waals surface area contributed by atoms with Gasteiger partial charge < -0.3 is 25.1 Å². The third kappa shape index (κ3) is 3.81. The summed E-state index contributed by atoms with van der Waals surface area (Å²) in [5.74, 6) is 1.64. The Hall–Kier alpha value is -3.72. The van der Waals surface area contributed by atoms with Crippen LogP contribution in [0, 0.1) is 0 Å². The van der Waals surface area contributed by atoms with Crippen LogP contribution in [-0.4, -0.2) is 40.4 Å². The number of aromatic nitrogens is 4. The first-order valence-corrected chi connectivity index (χ1v) is 8.94. The van der Waals surface area contributed by atoms with Gasteiger partial charge in [0.15, 0.2) is 23.0 Å². The largest absolute Gasteiger partial charge is 0.493 e. The van der Waals surface area contributed by atoms with E-state index in [1.807, 2.05) is 0 Å². The number of fused-ring (bicyclic) bond motifs is 1. The van der Waals surface area contributed by atoms with Crippen LogP contribution in [0.5, 0.6) is 11.5 Å². The average Bonchev–Trinajstić information content (AvgIpc) is 3.34. The molecule has 0 aliphatic rings. The summed E-state index contributed by atoms with van der Waals surface area (Å²) in [6, 6.07) is 9.93. The molecule has 0 fully saturated rings. The van der Waals surface area contributed by atoms with Gasteiger partial charge in [0.1, 0.15) is 0 Å². The summed E-state index contributed by atoms with van der Waals surface area (Å²) in [5.41, 5.74) is 2.97. The van der Waals surface area contributed by atoms with Gasteiger partial charge in [-0.1, -0.05) is 11.6 Å². The van der Waals surface area contributed by atoms with Crippen molar-refractivity contribution in [1.29, 1.82) is 0 Å². The molecule has 29 heavy (non-hydrogen) atoms. The maximum Gasteiger partial charge on any atom is 0.323 e. The van der Waals surface area contributed by atoms with Gasteiger partial charge in [0.25, 0.3) is 0 Å². The van der Waals surface area contributed by atoms with Crippen molar-refractivity contribution in [2.45, 2.75) is 0 Å². The van der Waals surface area contributed by atoms with Crippen LogP contribution in [0.15, 0.2) is 42.6 Å². The van der Waals surface area contributed by atoms with Crippen LogP contribution in [0.4, 0.5) is 16.2 Å². The minimum atomic E-state index is -0.422. The highest BCUT2D eigenvalue weighted by molar-refractivity contribution is 6.30. The number of nitrogens with one attached hydrogen (secondary N) is 4. The van der Waals surface area contributed by atoms with Crippen molar-refractivity contribution in [1.82, 2.24) is 20.2 Å². The number of imidazole rings is 1. The van der Waals surface area contributed by atoms with E-state index in [4.69, 9.17) is 21.1 Å². The number of methoxy groups -OCH3 is 2. The summed E-state index contributed by atoms with van der Waals surface area (Å²) in [7, 11) is 3.13. The van der Waals surface area contributed by atoms with Crippen LogP contribution in [0.25, 0.3) is 22.6 Å². The first-order chi connectivity index (χ1) is 14.1. The molecule has 0 saturated carbocycles. The van der Waals surface area contributed by atoms with E-state index in [1.54, 1.807) is 56.8 Å². The lowest BCUT2D eigenvalue weighted by Gasteiger charge is -2.07. The van der Waals surface area contributed by atoms with E-state index in [-0.39, 0.29) is 0 Å². The van der Waals surface area contributed by atoms with E-state index < -0.39 is 6.03 Å². The van der Waals surface area contributed by atoms with Crippen LogP contribution >= 0.6 is 11.6 Å². The predicted molar refractivity (Wildman–Crippen MR) is 111 cm³/mol. The number of benzene rings is 2. The van der Waals surface area contributed by atoms with E-state index >= 15 is 0 Å². The molecular weight excluding hydrogens is 396 g/mol. The van der Waals surface area contributed by atoms with Gasteiger partial charge in [-0.05, 0) is 24.3 Å². The number of H-pyrrole nitrogens is 2. The molecule has 0 spiro atoms. The third-order valence-corrected chi connectivity index (χ3v) is 4.45. The van der Waals surface area contributed by atoms with Gasteiger partial charge in [-0.2, -0.15) is 5.10 Å². The Morgan fingerprint density at radius 2 is 1.79 bits per heavy atom. The third-order valence-electron chi connectivity index (χ3n) is 4.20. The highest BCUT2D eigenvalue weighted by Gasteiger charge is 2.17. The molecule has 0 atom stereocenters. The summed E-state index contributed by atoms with van der Waals surface area (Å²) >= 11 is 5.86. The molecule has 148 valence electrons. The lowest BCUT2D eigenvalue weighted by Crippen LogP contribution is -2.19. The maximum absolute atomic E-state index is 12.3. The Morgan fingerprint density at radius 1 is 1.07 bits per heavy atom. The fraction of sp³-hybridized carbons (Fsp3) is 0.105. The molecule has 9 nitrogen and oxygen atoms in total. The number of rotatable bonds is 5. The lowest BCUT2D eigenvalue weighted by atomic mass is 10.3. The fourth-order valence-electron chi connectivity index (χ4n) is 2.83. The minimum Gasteiger partial charge on any atom is -0.493 e. The Kier molecular flexibility index (Phi) is 4.96. The number of carbonyl (C=O) groups is 1. The molecule has 0 aliphatic heterocycles. The highest BCUT2D eigenvalue weighted by atomic mass is 35.5. The van der Waals surface area contributed by atoms with Crippen molar-refractivity contribution < 1.29 is 14.3 Å². The summed E-state index contributed by atoms with van der Waals surface area (Å²) in [4.78, 5) is 20.0. The second kappa shape index (κ2) is 7.72. The number of ether oxygens (including phenoxy) is 2. The minimum absolute atomic E-state index is 0.422. The number of anilines is 2. The van der Waals surface area contributed by atoms with E-state index in [0.717, 1.165) is 5.52 Å². The van der Waals surface area contributed by atoms with Gasteiger partial charge >= 0.3 is 6.03 Å². The zero-order chi connectivity index (χ0) is 20.4. The number of hydrogen-bond donors (Lipinski definition) is 4. The van der Waals surface area contributed by atoms with Gasteiger partial charge in [0, 0.05) is 29.0 Å². The molecule has 0 aliphatic carbocycles. The second-order valence-corrected chi connectivity index (χ2v) is 6.48. The number of hydrogen-bond acceptors (Lipinski definition) is 5. The molecule has 4 aromatic rings. The smallest absolute Gasteiger partial charge is 0.323 e. The maximum atomic E-state index is 12.3. The lowest BCUT2D eigenvalue weighted by molar-refractivity contribution is 0.262. The highest BCUT2D eigenvalue weighted by Crippen LogP contribution is 2.33. The van der Waals surface area contributed by atoms with Crippen molar-refractivity contribution in [2.24, 2.45) is 0 Å². The Bertz CT molecular complexity index is 1130. The van der Waals surface area contributed by atoms with Crippen molar-refractivity contribution in [3.63, 3.8) is 0 Å². The van der Waals surface area contributed by atoms with Crippen molar-refractivity contribution in [3.05, 3.63) is 47.6 Å². The molecule has 4 N–H and O–H groups in total. The Morgan fingerprint density at radius 3 is 2.52 bits per heavy atom. The molecule has 0 saturated heterocycles.